The van der Waals surface area contributed by atoms with Crippen LogP contribution < -0.4 is 10.5 Å². The summed E-state index contributed by atoms with van der Waals surface area (Å²) in [5.41, 5.74) is 7.24. The molecule has 2 nitrogen and oxygen atoms in total. The Hall–Kier alpha value is -1.02. The molecule has 2 unspecified atom stereocenters. The summed E-state index contributed by atoms with van der Waals surface area (Å²) in [6.07, 6.45) is 3.48. The third-order valence-electron chi connectivity index (χ3n) is 2.87. The van der Waals surface area contributed by atoms with Crippen molar-refractivity contribution in [3.63, 3.8) is 0 Å². The molecule has 0 saturated carbocycles. The summed E-state index contributed by atoms with van der Waals surface area (Å²) >= 11 is 0. The minimum Gasteiger partial charge on any atom is -0.490 e. The molecule has 76 valence electrons. The van der Waals surface area contributed by atoms with Crippen LogP contribution in [0.25, 0.3) is 0 Å². The van der Waals surface area contributed by atoms with E-state index in [1.807, 2.05) is 18.2 Å². The van der Waals surface area contributed by atoms with Crippen molar-refractivity contribution in [3.8, 4) is 5.75 Å². The Balaban J connectivity index is 2.31. The first kappa shape index (κ1) is 9.53. The molecule has 0 amide bonds. The predicted octanol–water partition coefficient (Wildman–Crippen LogP) is 2.64. The molecular weight excluding hydrogens is 174 g/mol. The smallest absolute Gasteiger partial charge is 0.124 e. The average Bonchev–Trinajstić information content (AvgIpc) is 2.39. The second kappa shape index (κ2) is 4.01. The van der Waals surface area contributed by atoms with E-state index in [1.165, 1.54) is 0 Å². The molecule has 14 heavy (non-hydrogen) atoms. The topological polar surface area (TPSA) is 35.2 Å². The van der Waals surface area contributed by atoms with Crippen LogP contribution in [-0.2, 0) is 0 Å². The van der Waals surface area contributed by atoms with Gasteiger partial charge in [-0.2, -0.15) is 0 Å². The Morgan fingerprint density at radius 3 is 2.93 bits per heavy atom. The first-order valence-corrected chi connectivity index (χ1v) is 5.32. The molecule has 0 aliphatic carbocycles. The van der Waals surface area contributed by atoms with Crippen molar-refractivity contribution < 1.29 is 4.74 Å². The first-order chi connectivity index (χ1) is 6.81. The monoisotopic (exact) mass is 191 g/mol. The molecular formula is C12H17NO. The molecule has 1 aromatic rings. The Kier molecular flexibility index (Phi) is 2.73. The molecule has 0 fully saturated rings. The zero-order chi connectivity index (χ0) is 9.97. The summed E-state index contributed by atoms with van der Waals surface area (Å²) in [5, 5.41) is 0. The zero-order valence-corrected chi connectivity index (χ0v) is 8.57. The number of hydrogen-bond acceptors (Lipinski definition) is 2. The number of hydrogen-bond donors (Lipinski definition) is 1. The highest BCUT2D eigenvalue weighted by atomic mass is 16.5. The molecule has 2 atom stereocenters. The standard InChI is InChI=1S/C12H17NO/c1-2-9-7-8-11(13)10-5-3-4-6-12(10)14-9/h3-6,9,11H,2,7-8,13H2,1H3. The van der Waals surface area contributed by atoms with E-state index in [4.69, 9.17) is 10.5 Å². The summed E-state index contributed by atoms with van der Waals surface area (Å²) in [5.74, 6) is 0.976. The largest absolute Gasteiger partial charge is 0.490 e. The van der Waals surface area contributed by atoms with Crippen molar-refractivity contribution in [1.29, 1.82) is 0 Å². The highest BCUT2D eigenvalue weighted by Crippen LogP contribution is 2.32. The number of rotatable bonds is 1. The maximum absolute atomic E-state index is 6.08. The number of ether oxygens (including phenoxy) is 1. The van der Waals surface area contributed by atoms with Gasteiger partial charge in [-0.3, -0.25) is 0 Å². The van der Waals surface area contributed by atoms with E-state index in [0.717, 1.165) is 30.6 Å². The van der Waals surface area contributed by atoms with Gasteiger partial charge in [-0.05, 0) is 25.3 Å². The second-order valence-corrected chi connectivity index (χ2v) is 3.87. The van der Waals surface area contributed by atoms with Crippen LogP contribution in [0.3, 0.4) is 0 Å². The van der Waals surface area contributed by atoms with E-state index in [2.05, 4.69) is 13.0 Å². The molecule has 0 aromatic heterocycles. The number of benzene rings is 1. The minimum atomic E-state index is 0.141. The summed E-state index contributed by atoms with van der Waals surface area (Å²) in [6.45, 7) is 2.16. The number of para-hydroxylation sites is 1. The van der Waals surface area contributed by atoms with Gasteiger partial charge in [-0.25, -0.2) is 0 Å². The lowest BCUT2D eigenvalue weighted by molar-refractivity contribution is 0.190. The van der Waals surface area contributed by atoms with Crippen LogP contribution >= 0.6 is 0 Å². The van der Waals surface area contributed by atoms with E-state index in [1.54, 1.807) is 0 Å². The van der Waals surface area contributed by atoms with Gasteiger partial charge in [0.2, 0.25) is 0 Å². The van der Waals surface area contributed by atoms with E-state index in [-0.39, 0.29) is 6.04 Å². The first-order valence-electron chi connectivity index (χ1n) is 5.32. The van der Waals surface area contributed by atoms with Crippen molar-refractivity contribution in [2.75, 3.05) is 0 Å². The van der Waals surface area contributed by atoms with Crippen LogP contribution in [0.1, 0.15) is 37.8 Å². The van der Waals surface area contributed by atoms with Gasteiger partial charge < -0.3 is 10.5 Å². The molecule has 0 radical (unpaired) electrons. The molecule has 1 heterocycles. The third-order valence-corrected chi connectivity index (χ3v) is 2.87. The second-order valence-electron chi connectivity index (χ2n) is 3.87. The molecule has 0 spiro atoms. The lowest BCUT2D eigenvalue weighted by Gasteiger charge is -2.14. The fraction of sp³-hybridized carbons (Fsp3) is 0.500. The summed E-state index contributed by atoms with van der Waals surface area (Å²) < 4.78 is 5.90. The van der Waals surface area contributed by atoms with Crippen molar-refractivity contribution in [2.45, 2.75) is 38.3 Å². The quantitative estimate of drug-likeness (QED) is 0.740. The Labute approximate surface area is 85.1 Å². The van der Waals surface area contributed by atoms with Crippen LogP contribution in [0.15, 0.2) is 24.3 Å². The van der Waals surface area contributed by atoms with Crippen LogP contribution in [0.4, 0.5) is 0 Å². The molecule has 2 heteroatoms. The van der Waals surface area contributed by atoms with Crippen LogP contribution in [0.2, 0.25) is 0 Å². The van der Waals surface area contributed by atoms with Gasteiger partial charge in [-0.15, -0.1) is 0 Å². The van der Waals surface area contributed by atoms with E-state index in [0.29, 0.717) is 6.10 Å². The van der Waals surface area contributed by atoms with Gasteiger partial charge in [0.15, 0.2) is 0 Å². The van der Waals surface area contributed by atoms with Crippen molar-refractivity contribution >= 4 is 0 Å². The van der Waals surface area contributed by atoms with E-state index < -0.39 is 0 Å². The SMILES string of the molecule is CCC1CCC(N)c2ccccc2O1. The van der Waals surface area contributed by atoms with Gasteiger partial charge in [-0.1, -0.05) is 25.1 Å². The molecule has 2 N–H and O–H groups in total. The summed E-state index contributed by atoms with van der Waals surface area (Å²) in [7, 11) is 0. The minimum absolute atomic E-state index is 0.141. The lowest BCUT2D eigenvalue weighted by Crippen LogP contribution is -2.14. The van der Waals surface area contributed by atoms with Gasteiger partial charge in [0.05, 0.1) is 6.10 Å². The van der Waals surface area contributed by atoms with E-state index in [9.17, 15) is 0 Å². The predicted molar refractivity (Wildman–Crippen MR) is 57.3 cm³/mol. The maximum atomic E-state index is 6.08. The van der Waals surface area contributed by atoms with Crippen molar-refractivity contribution in [2.24, 2.45) is 5.73 Å². The fourth-order valence-corrected chi connectivity index (χ4v) is 1.94. The number of fused-ring (bicyclic) bond motifs is 1. The third kappa shape index (κ3) is 1.75. The van der Waals surface area contributed by atoms with Gasteiger partial charge in [0.25, 0.3) is 0 Å². The normalized spacial score (nSPS) is 26.1. The van der Waals surface area contributed by atoms with Gasteiger partial charge >= 0.3 is 0 Å². The maximum Gasteiger partial charge on any atom is 0.124 e. The van der Waals surface area contributed by atoms with Crippen LogP contribution in [0.5, 0.6) is 5.75 Å². The van der Waals surface area contributed by atoms with Crippen molar-refractivity contribution in [3.05, 3.63) is 29.8 Å². The van der Waals surface area contributed by atoms with Gasteiger partial charge in [0.1, 0.15) is 5.75 Å². The molecule has 1 aromatic carbocycles. The van der Waals surface area contributed by atoms with Crippen molar-refractivity contribution in [1.82, 2.24) is 0 Å². The van der Waals surface area contributed by atoms with Crippen LogP contribution in [0, 0.1) is 0 Å². The van der Waals surface area contributed by atoms with Gasteiger partial charge in [0, 0.05) is 11.6 Å². The summed E-state index contributed by atoms with van der Waals surface area (Å²) in [4.78, 5) is 0. The Morgan fingerprint density at radius 1 is 1.36 bits per heavy atom. The highest BCUT2D eigenvalue weighted by molar-refractivity contribution is 5.36. The molecule has 1 aliphatic heterocycles. The molecule has 0 bridgehead atoms. The zero-order valence-electron chi connectivity index (χ0n) is 8.57. The Bertz CT molecular complexity index is 311. The van der Waals surface area contributed by atoms with Crippen LogP contribution in [-0.4, -0.2) is 6.10 Å². The summed E-state index contributed by atoms with van der Waals surface area (Å²) in [6, 6.07) is 8.25. The molecule has 2 rings (SSSR count). The lowest BCUT2D eigenvalue weighted by atomic mass is 10.0. The number of nitrogens with two attached hydrogens (primary N) is 1. The highest BCUT2D eigenvalue weighted by Gasteiger charge is 2.20. The fourth-order valence-electron chi connectivity index (χ4n) is 1.94. The van der Waals surface area contributed by atoms with E-state index >= 15 is 0 Å². The Morgan fingerprint density at radius 2 is 2.14 bits per heavy atom. The molecule has 1 aliphatic rings. The molecule has 0 saturated heterocycles. The average molecular weight is 191 g/mol.